The second kappa shape index (κ2) is 4.67. The maximum absolute atomic E-state index is 12.9. The molecule has 0 saturated heterocycles. The quantitative estimate of drug-likeness (QED) is 0.578. The van der Waals surface area contributed by atoms with Crippen molar-refractivity contribution < 1.29 is 18.9 Å². The molecule has 0 N–H and O–H groups in total. The molecule has 0 heterocycles. The summed E-state index contributed by atoms with van der Waals surface area (Å²) in [4.78, 5) is 26.0. The number of nitro benzene ring substituents is 1. The predicted octanol–water partition coefficient (Wildman–Crippen LogP) is 1.37. The Bertz CT molecular complexity index is 436. The molecule has 0 aromatic heterocycles. The maximum Gasteiger partial charge on any atom is 0.284 e. The molecule has 6 nitrogen and oxygen atoms in total. The Hall–Kier alpha value is -2.02. The highest BCUT2D eigenvalue weighted by atomic mass is 19.1. The van der Waals surface area contributed by atoms with Gasteiger partial charge in [0.15, 0.2) is 0 Å². The van der Waals surface area contributed by atoms with Gasteiger partial charge in [0, 0.05) is 13.1 Å². The number of hydroxylamine groups is 2. The second-order valence-electron chi connectivity index (χ2n) is 2.90. The average molecular weight is 228 g/mol. The molecule has 0 radical (unpaired) electrons. The fourth-order valence-electron chi connectivity index (χ4n) is 1.09. The van der Waals surface area contributed by atoms with Crippen LogP contribution in [0, 0.1) is 15.9 Å². The molecule has 1 aromatic rings. The first-order valence-corrected chi connectivity index (χ1v) is 4.23. The van der Waals surface area contributed by atoms with Crippen molar-refractivity contribution in [2.75, 3.05) is 14.2 Å². The summed E-state index contributed by atoms with van der Waals surface area (Å²) in [5.41, 5.74) is -0.815. The van der Waals surface area contributed by atoms with Gasteiger partial charge in [-0.1, -0.05) is 0 Å². The van der Waals surface area contributed by atoms with Crippen LogP contribution in [0.3, 0.4) is 0 Å². The molecule has 0 spiro atoms. The Labute approximate surface area is 90.3 Å². The molecule has 1 aromatic carbocycles. The van der Waals surface area contributed by atoms with Gasteiger partial charge in [0.25, 0.3) is 11.6 Å². The van der Waals surface area contributed by atoms with Gasteiger partial charge in [-0.3, -0.25) is 19.7 Å². The van der Waals surface area contributed by atoms with Gasteiger partial charge in [0.2, 0.25) is 0 Å². The highest BCUT2D eigenvalue weighted by Crippen LogP contribution is 2.20. The molecule has 0 saturated carbocycles. The van der Waals surface area contributed by atoms with Crippen LogP contribution < -0.4 is 0 Å². The molecule has 1 rings (SSSR count). The molecule has 0 atom stereocenters. The van der Waals surface area contributed by atoms with Crippen LogP contribution in [0.15, 0.2) is 18.2 Å². The van der Waals surface area contributed by atoms with Crippen molar-refractivity contribution in [3.05, 3.63) is 39.7 Å². The van der Waals surface area contributed by atoms with Crippen molar-refractivity contribution in [1.82, 2.24) is 5.06 Å². The Morgan fingerprint density at radius 2 is 2.19 bits per heavy atom. The number of amides is 1. The normalized spacial score (nSPS) is 9.94. The van der Waals surface area contributed by atoms with Crippen LogP contribution in [0.5, 0.6) is 0 Å². The van der Waals surface area contributed by atoms with Crippen molar-refractivity contribution in [3.63, 3.8) is 0 Å². The fourth-order valence-corrected chi connectivity index (χ4v) is 1.09. The number of nitro groups is 1. The van der Waals surface area contributed by atoms with E-state index in [1.165, 1.54) is 14.2 Å². The van der Waals surface area contributed by atoms with E-state index in [1.54, 1.807) is 0 Å². The van der Waals surface area contributed by atoms with Crippen molar-refractivity contribution >= 4 is 11.6 Å². The number of hydrogen-bond acceptors (Lipinski definition) is 4. The highest BCUT2D eigenvalue weighted by Gasteiger charge is 2.23. The Kier molecular flexibility index (Phi) is 3.51. The first-order valence-electron chi connectivity index (χ1n) is 4.23. The van der Waals surface area contributed by atoms with Crippen LogP contribution in [-0.2, 0) is 4.84 Å². The van der Waals surface area contributed by atoms with Gasteiger partial charge >= 0.3 is 0 Å². The molecule has 0 aliphatic carbocycles. The minimum absolute atomic E-state index is 0.352. The lowest BCUT2D eigenvalue weighted by atomic mass is 10.1. The third-order valence-electron chi connectivity index (χ3n) is 1.95. The molecule has 0 unspecified atom stereocenters. The lowest BCUT2D eigenvalue weighted by Crippen LogP contribution is -2.26. The molecular weight excluding hydrogens is 219 g/mol. The minimum atomic E-state index is -0.784. The van der Waals surface area contributed by atoms with Crippen LogP contribution in [0.25, 0.3) is 0 Å². The second-order valence-corrected chi connectivity index (χ2v) is 2.90. The summed E-state index contributed by atoms with van der Waals surface area (Å²) in [6, 6.07) is 2.66. The number of carbonyl (C=O) groups excluding carboxylic acids is 1. The number of hydrogen-bond donors (Lipinski definition) is 0. The Morgan fingerprint density at radius 3 is 2.69 bits per heavy atom. The first kappa shape index (κ1) is 12.1. The summed E-state index contributed by atoms with van der Waals surface area (Å²) < 4.78 is 12.9. The van der Waals surface area contributed by atoms with Gasteiger partial charge in [0.1, 0.15) is 11.4 Å². The topological polar surface area (TPSA) is 72.7 Å². The Morgan fingerprint density at radius 1 is 1.56 bits per heavy atom. The third-order valence-corrected chi connectivity index (χ3v) is 1.95. The zero-order valence-electron chi connectivity index (χ0n) is 8.64. The van der Waals surface area contributed by atoms with E-state index in [2.05, 4.69) is 4.84 Å². The van der Waals surface area contributed by atoms with Crippen molar-refractivity contribution in [1.29, 1.82) is 0 Å². The largest absolute Gasteiger partial charge is 0.284 e. The van der Waals surface area contributed by atoms with Crippen molar-refractivity contribution in [2.24, 2.45) is 0 Å². The molecule has 0 bridgehead atoms. The van der Waals surface area contributed by atoms with Crippen LogP contribution in [0.1, 0.15) is 10.4 Å². The van der Waals surface area contributed by atoms with Gasteiger partial charge in [0.05, 0.1) is 12.0 Å². The lowest BCUT2D eigenvalue weighted by Gasteiger charge is -2.13. The van der Waals surface area contributed by atoms with E-state index >= 15 is 0 Å². The maximum atomic E-state index is 12.9. The smallest absolute Gasteiger partial charge is 0.274 e. The Balaban J connectivity index is 3.24. The average Bonchev–Trinajstić information content (AvgIpc) is 2.26. The van der Waals surface area contributed by atoms with E-state index in [-0.39, 0.29) is 5.56 Å². The summed E-state index contributed by atoms with van der Waals surface area (Å²) in [6.07, 6.45) is 0. The number of rotatable bonds is 3. The number of halogens is 1. The van der Waals surface area contributed by atoms with E-state index in [1.807, 2.05) is 0 Å². The van der Waals surface area contributed by atoms with Gasteiger partial charge in [-0.25, -0.2) is 9.45 Å². The van der Waals surface area contributed by atoms with E-state index in [9.17, 15) is 19.3 Å². The van der Waals surface area contributed by atoms with Gasteiger partial charge in [-0.2, -0.15) is 0 Å². The van der Waals surface area contributed by atoms with Crippen LogP contribution >= 0.6 is 0 Å². The van der Waals surface area contributed by atoms with E-state index < -0.39 is 22.3 Å². The minimum Gasteiger partial charge on any atom is -0.274 e. The molecule has 0 fully saturated rings. The van der Waals surface area contributed by atoms with Gasteiger partial charge in [-0.05, 0) is 12.1 Å². The predicted molar refractivity (Wildman–Crippen MR) is 52.2 cm³/mol. The third kappa shape index (κ3) is 2.31. The summed E-state index contributed by atoms with van der Waals surface area (Å²) in [6.45, 7) is 0. The number of carbonyl (C=O) groups is 1. The molecule has 16 heavy (non-hydrogen) atoms. The van der Waals surface area contributed by atoms with Crippen LogP contribution in [0.4, 0.5) is 10.1 Å². The van der Waals surface area contributed by atoms with Crippen LogP contribution in [0.2, 0.25) is 0 Å². The SMILES string of the molecule is CON(C)C(=O)c1cc(F)ccc1[N+](=O)[O-]. The summed E-state index contributed by atoms with van der Waals surface area (Å²) in [7, 11) is 2.50. The van der Waals surface area contributed by atoms with Crippen molar-refractivity contribution in [2.45, 2.75) is 0 Å². The molecular formula is C9H9FN2O4. The highest BCUT2D eigenvalue weighted by molar-refractivity contribution is 5.97. The fraction of sp³-hybridized carbons (Fsp3) is 0.222. The molecule has 0 aliphatic rings. The lowest BCUT2D eigenvalue weighted by molar-refractivity contribution is -0.385. The van der Waals surface area contributed by atoms with E-state index in [4.69, 9.17) is 0 Å². The van der Waals surface area contributed by atoms with Gasteiger partial charge in [-0.15, -0.1) is 0 Å². The molecule has 0 aliphatic heterocycles. The zero-order chi connectivity index (χ0) is 12.3. The summed E-state index contributed by atoms with van der Waals surface area (Å²) in [5.74, 6) is -1.51. The van der Waals surface area contributed by atoms with Crippen LogP contribution in [-0.4, -0.2) is 30.1 Å². The molecule has 86 valence electrons. The monoisotopic (exact) mass is 228 g/mol. The first-order chi connectivity index (χ1) is 7.47. The summed E-state index contributed by atoms with van der Waals surface area (Å²) in [5, 5.41) is 11.4. The standard InChI is InChI=1S/C9H9FN2O4/c1-11(16-2)9(13)7-5-6(10)3-4-8(7)12(14)15/h3-5H,1-2H3. The zero-order valence-corrected chi connectivity index (χ0v) is 8.64. The number of benzene rings is 1. The van der Waals surface area contributed by atoms with Gasteiger partial charge < -0.3 is 0 Å². The molecule has 7 heteroatoms. The molecule has 1 amide bonds. The number of nitrogens with zero attached hydrogens (tertiary/aromatic N) is 2. The van der Waals surface area contributed by atoms with Crippen molar-refractivity contribution in [3.8, 4) is 0 Å². The van der Waals surface area contributed by atoms with E-state index in [0.29, 0.717) is 0 Å². The summed E-state index contributed by atoms with van der Waals surface area (Å²) >= 11 is 0. The van der Waals surface area contributed by atoms with E-state index in [0.717, 1.165) is 23.3 Å².